The Kier molecular flexibility index (Phi) is 7.51. The van der Waals surface area contributed by atoms with Gasteiger partial charge < -0.3 is 19.7 Å². The van der Waals surface area contributed by atoms with Gasteiger partial charge in [-0.15, -0.1) is 0 Å². The first-order valence-electron chi connectivity index (χ1n) is 12.5. The van der Waals surface area contributed by atoms with Crippen LogP contribution in [-0.2, 0) is 19.4 Å². The summed E-state index contributed by atoms with van der Waals surface area (Å²) in [6.45, 7) is 1.13. The highest BCUT2D eigenvalue weighted by Crippen LogP contribution is 2.31. The highest BCUT2D eigenvalue weighted by Gasteiger charge is 2.32. The van der Waals surface area contributed by atoms with Crippen LogP contribution < -0.4 is 9.47 Å². The fraction of sp³-hybridized carbons (Fsp3) is 0.379. The summed E-state index contributed by atoms with van der Waals surface area (Å²) in [6.07, 6.45) is -0.0167. The highest BCUT2D eigenvalue weighted by atomic mass is 19.1. The molecular formula is C29H31F2NO4. The summed E-state index contributed by atoms with van der Waals surface area (Å²) >= 11 is 0. The van der Waals surface area contributed by atoms with E-state index < -0.39 is 24.4 Å². The first-order chi connectivity index (χ1) is 17.4. The molecule has 2 heterocycles. The van der Waals surface area contributed by atoms with Gasteiger partial charge in [0, 0.05) is 19.6 Å². The quantitative estimate of drug-likeness (QED) is 0.489. The maximum atomic E-state index is 13.5. The molecule has 0 amide bonds. The molecule has 0 radical (unpaired) electrons. The van der Waals surface area contributed by atoms with Crippen LogP contribution in [0.2, 0.25) is 0 Å². The van der Waals surface area contributed by atoms with Crippen LogP contribution in [0.15, 0.2) is 66.7 Å². The topological polar surface area (TPSA) is 62.2 Å². The summed E-state index contributed by atoms with van der Waals surface area (Å²) < 4.78 is 39.1. The summed E-state index contributed by atoms with van der Waals surface area (Å²) in [5.74, 6) is 0.619. The standard InChI is InChI=1S/C29H31F2NO4/c30-22-8-12-26-20(14-22)6-10-28(35-26)24(33)17-32(16-19-4-2-1-3-5-19)18-25(34)29-11-7-21-15-23(31)9-13-27(21)36-29/h1-5,8-9,12-15,24-25,28-29,33-34H,6-7,10-11,16-18H2/t24-,25+,28-,29-/m1/s1. The molecule has 0 saturated heterocycles. The second kappa shape index (κ2) is 10.9. The third-order valence-electron chi connectivity index (χ3n) is 7.00. The van der Waals surface area contributed by atoms with E-state index >= 15 is 0 Å². The number of aryl methyl sites for hydroxylation is 2. The number of rotatable bonds is 8. The van der Waals surface area contributed by atoms with E-state index in [9.17, 15) is 19.0 Å². The zero-order valence-electron chi connectivity index (χ0n) is 20.0. The highest BCUT2D eigenvalue weighted by molar-refractivity contribution is 5.37. The van der Waals surface area contributed by atoms with Crippen LogP contribution in [0.1, 0.15) is 29.5 Å². The van der Waals surface area contributed by atoms with E-state index in [1.54, 1.807) is 12.1 Å². The number of fused-ring (bicyclic) bond motifs is 2. The number of hydrogen-bond acceptors (Lipinski definition) is 5. The van der Waals surface area contributed by atoms with Crippen molar-refractivity contribution in [3.8, 4) is 11.5 Å². The molecule has 0 unspecified atom stereocenters. The molecule has 36 heavy (non-hydrogen) atoms. The van der Waals surface area contributed by atoms with Crippen LogP contribution in [0.3, 0.4) is 0 Å². The minimum Gasteiger partial charge on any atom is -0.487 e. The second-order valence-corrected chi connectivity index (χ2v) is 9.71. The van der Waals surface area contributed by atoms with Crippen molar-refractivity contribution in [3.05, 3.63) is 95.1 Å². The van der Waals surface area contributed by atoms with Crippen LogP contribution in [0.5, 0.6) is 11.5 Å². The fourth-order valence-corrected chi connectivity index (χ4v) is 5.11. The zero-order chi connectivity index (χ0) is 25.1. The van der Waals surface area contributed by atoms with Gasteiger partial charge in [-0.2, -0.15) is 0 Å². The average Bonchev–Trinajstić information content (AvgIpc) is 2.88. The molecule has 2 aliphatic heterocycles. The second-order valence-electron chi connectivity index (χ2n) is 9.71. The Balaban J connectivity index is 1.26. The summed E-state index contributed by atoms with van der Waals surface area (Å²) in [5.41, 5.74) is 2.68. The molecule has 4 atom stereocenters. The lowest BCUT2D eigenvalue weighted by Gasteiger charge is -2.35. The number of aliphatic hydroxyl groups excluding tert-OH is 2. The summed E-state index contributed by atoms with van der Waals surface area (Å²) in [6, 6.07) is 18.8. The van der Waals surface area contributed by atoms with Gasteiger partial charge in [-0.05, 0) is 78.8 Å². The van der Waals surface area contributed by atoms with Crippen molar-refractivity contribution in [3.63, 3.8) is 0 Å². The molecule has 2 N–H and O–H groups in total. The van der Waals surface area contributed by atoms with Gasteiger partial charge in [-0.3, -0.25) is 4.90 Å². The van der Waals surface area contributed by atoms with Gasteiger partial charge in [-0.25, -0.2) is 8.78 Å². The maximum Gasteiger partial charge on any atom is 0.126 e. The number of aliphatic hydroxyl groups is 2. The Morgan fingerprint density at radius 2 is 1.25 bits per heavy atom. The van der Waals surface area contributed by atoms with Gasteiger partial charge in [0.05, 0.1) is 0 Å². The molecule has 0 bridgehead atoms. The average molecular weight is 496 g/mol. The predicted octanol–water partition coefficient (Wildman–Crippen LogP) is 4.28. The van der Waals surface area contributed by atoms with Crippen molar-refractivity contribution in [2.24, 2.45) is 0 Å². The van der Waals surface area contributed by atoms with Crippen LogP contribution >= 0.6 is 0 Å². The smallest absolute Gasteiger partial charge is 0.126 e. The van der Waals surface area contributed by atoms with Crippen LogP contribution in [-0.4, -0.2) is 52.6 Å². The minimum absolute atomic E-state index is 0.293. The predicted molar refractivity (Wildman–Crippen MR) is 132 cm³/mol. The summed E-state index contributed by atoms with van der Waals surface area (Å²) in [4.78, 5) is 2.01. The molecule has 2 aliphatic rings. The molecule has 7 heteroatoms. The minimum atomic E-state index is -0.796. The molecule has 3 aromatic rings. The molecule has 3 aromatic carbocycles. The third kappa shape index (κ3) is 5.86. The van der Waals surface area contributed by atoms with Crippen LogP contribution in [0, 0.1) is 11.6 Å². The first-order valence-corrected chi connectivity index (χ1v) is 12.5. The monoisotopic (exact) mass is 495 g/mol. The number of nitrogens with zero attached hydrogens (tertiary/aromatic N) is 1. The van der Waals surface area contributed by atoms with Crippen molar-refractivity contribution in [2.45, 2.75) is 56.6 Å². The van der Waals surface area contributed by atoms with Gasteiger partial charge in [0.1, 0.15) is 47.5 Å². The zero-order valence-corrected chi connectivity index (χ0v) is 20.0. The van der Waals surface area contributed by atoms with Crippen molar-refractivity contribution in [1.29, 1.82) is 0 Å². The molecule has 190 valence electrons. The molecule has 0 saturated carbocycles. The lowest BCUT2D eigenvalue weighted by molar-refractivity contribution is -0.0295. The van der Waals surface area contributed by atoms with Gasteiger partial charge in [0.15, 0.2) is 0 Å². The number of halogens is 2. The Morgan fingerprint density at radius 3 is 1.75 bits per heavy atom. The van der Waals surface area contributed by atoms with Crippen molar-refractivity contribution < 1.29 is 28.5 Å². The van der Waals surface area contributed by atoms with E-state index in [2.05, 4.69) is 0 Å². The Morgan fingerprint density at radius 1 is 0.750 bits per heavy atom. The molecule has 0 spiro atoms. The van der Waals surface area contributed by atoms with E-state index in [4.69, 9.17) is 9.47 Å². The van der Waals surface area contributed by atoms with Gasteiger partial charge in [0.25, 0.3) is 0 Å². The van der Waals surface area contributed by atoms with Crippen molar-refractivity contribution in [1.82, 2.24) is 4.90 Å². The van der Waals surface area contributed by atoms with Crippen LogP contribution in [0.25, 0.3) is 0 Å². The Labute approximate surface area is 209 Å². The van der Waals surface area contributed by atoms with E-state index in [-0.39, 0.29) is 11.6 Å². The van der Waals surface area contributed by atoms with Crippen molar-refractivity contribution in [2.75, 3.05) is 13.1 Å². The van der Waals surface area contributed by atoms with Gasteiger partial charge in [0.2, 0.25) is 0 Å². The Hall–Kier alpha value is -3.00. The molecule has 0 fully saturated rings. The lowest BCUT2D eigenvalue weighted by Crippen LogP contribution is -2.48. The number of benzene rings is 3. The summed E-state index contributed by atoms with van der Waals surface area (Å²) in [7, 11) is 0. The van der Waals surface area contributed by atoms with Gasteiger partial charge >= 0.3 is 0 Å². The third-order valence-corrected chi connectivity index (χ3v) is 7.00. The molecule has 0 aliphatic carbocycles. The fourth-order valence-electron chi connectivity index (χ4n) is 5.11. The maximum absolute atomic E-state index is 13.5. The van der Waals surface area contributed by atoms with E-state index in [0.29, 0.717) is 56.8 Å². The van der Waals surface area contributed by atoms with Crippen molar-refractivity contribution >= 4 is 0 Å². The van der Waals surface area contributed by atoms with Crippen LogP contribution in [0.4, 0.5) is 8.78 Å². The van der Waals surface area contributed by atoms with Gasteiger partial charge in [-0.1, -0.05) is 30.3 Å². The van der Waals surface area contributed by atoms with E-state index in [1.807, 2.05) is 35.2 Å². The summed E-state index contributed by atoms with van der Waals surface area (Å²) in [5, 5.41) is 22.2. The molecule has 5 rings (SSSR count). The van der Waals surface area contributed by atoms with E-state index in [1.165, 1.54) is 24.3 Å². The first kappa shape index (κ1) is 24.7. The number of ether oxygens (including phenoxy) is 2. The number of hydrogen-bond donors (Lipinski definition) is 2. The van der Waals surface area contributed by atoms with E-state index in [0.717, 1.165) is 16.7 Å². The normalized spacial score (nSPS) is 20.6. The Bertz CT molecular complexity index is 1100. The molecular weight excluding hydrogens is 464 g/mol. The molecule has 0 aromatic heterocycles. The lowest BCUT2D eigenvalue weighted by atomic mass is 9.97. The largest absolute Gasteiger partial charge is 0.487 e. The molecule has 5 nitrogen and oxygen atoms in total. The SMILES string of the molecule is O[C@H](CN(Cc1ccccc1)C[C@H](O)[C@H]1CCc2cc(F)ccc2O1)[C@H]1CCc2cc(F)ccc2O1.